The van der Waals surface area contributed by atoms with Crippen molar-refractivity contribution in [3.63, 3.8) is 0 Å². The third-order valence-electron chi connectivity index (χ3n) is 8.08. The monoisotopic (exact) mass is 686 g/mol. The number of aliphatic hydroxyl groups excluding tert-OH is 1. The second-order valence-electron chi connectivity index (χ2n) is 11.8. The molecule has 1 aromatic carbocycles. The Hall–Kier alpha value is -4.04. The molecule has 0 saturated carbocycles. The normalized spacial score (nSPS) is 29.4. The summed E-state index contributed by atoms with van der Waals surface area (Å²) >= 11 is 0.834. The van der Waals surface area contributed by atoms with Crippen molar-refractivity contribution in [2.45, 2.75) is 69.8 Å². The predicted octanol–water partition coefficient (Wildman–Crippen LogP) is 4.67. The molecule has 3 rings (SSSR count). The van der Waals surface area contributed by atoms with Crippen LogP contribution in [0.1, 0.15) is 40.5 Å². The molecule has 13 heteroatoms. The van der Waals surface area contributed by atoms with E-state index < -0.39 is 59.7 Å². The molecule has 2 bridgehead atoms. The van der Waals surface area contributed by atoms with Crippen molar-refractivity contribution < 1.29 is 47.6 Å². The van der Waals surface area contributed by atoms with Gasteiger partial charge < -0.3 is 35.1 Å². The van der Waals surface area contributed by atoms with E-state index in [0.717, 1.165) is 11.8 Å². The molecule has 2 aliphatic rings. The Morgan fingerprint density at radius 3 is 2.40 bits per heavy atom. The molecule has 260 valence electrons. The smallest absolute Gasteiger partial charge is 0.405 e. The number of carbonyl (C=O) groups excluding carboxylic acids is 4. The van der Waals surface area contributed by atoms with Crippen LogP contribution in [-0.2, 0) is 33.3 Å². The minimum Gasteiger partial charge on any atom is -0.492 e. The summed E-state index contributed by atoms with van der Waals surface area (Å²) < 4.78 is 36.2. The van der Waals surface area contributed by atoms with Crippen LogP contribution in [-0.4, -0.2) is 74.4 Å². The van der Waals surface area contributed by atoms with Crippen molar-refractivity contribution in [1.82, 2.24) is 5.32 Å². The molecule has 1 aliphatic heterocycles. The zero-order valence-corrected chi connectivity index (χ0v) is 28.9. The summed E-state index contributed by atoms with van der Waals surface area (Å²) in [5.41, 5.74) is 5.88. The van der Waals surface area contributed by atoms with Gasteiger partial charge in [-0.25, -0.2) is 9.18 Å². The molecule has 0 unspecified atom stereocenters. The van der Waals surface area contributed by atoms with E-state index in [0.29, 0.717) is 10.5 Å². The first kappa shape index (κ1) is 38.4. The van der Waals surface area contributed by atoms with E-state index in [-0.39, 0.29) is 46.3 Å². The van der Waals surface area contributed by atoms with Gasteiger partial charge in [0, 0.05) is 36.2 Å². The number of thioether (sulfide) groups is 1. The van der Waals surface area contributed by atoms with Gasteiger partial charge in [-0.05, 0) is 56.4 Å². The Morgan fingerprint density at radius 1 is 1.08 bits per heavy atom. The number of allylic oxidation sites excluding steroid dienone is 4. The fourth-order valence-electron chi connectivity index (χ4n) is 5.57. The van der Waals surface area contributed by atoms with Crippen LogP contribution in [0.2, 0.25) is 0 Å². The lowest BCUT2D eigenvalue weighted by Gasteiger charge is -2.30. The molecule has 0 saturated heterocycles. The van der Waals surface area contributed by atoms with Gasteiger partial charge >= 0.3 is 6.09 Å². The molecule has 1 aromatic rings. The van der Waals surface area contributed by atoms with Crippen molar-refractivity contribution in [3.8, 4) is 0 Å². The van der Waals surface area contributed by atoms with Gasteiger partial charge in [0.1, 0.15) is 17.6 Å². The fraction of sp³-hybridized carbons (Fsp3) is 0.429. The number of hydrogen-bond donors (Lipinski definition) is 3. The van der Waals surface area contributed by atoms with Gasteiger partial charge in [0.2, 0.25) is 11.6 Å². The van der Waals surface area contributed by atoms with Crippen molar-refractivity contribution in [3.05, 3.63) is 87.5 Å². The molecular weight excluding hydrogens is 643 g/mol. The van der Waals surface area contributed by atoms with E-state index in [1.54, 1.807) is 32.1 Å². The number of nitrogens with one attached hydrogen (secondary N) is 1. The van der Waals surface area contributed by atoms with E-state index >= 15 is 0 Å². The van der Waals surface area contributed by atoms with E-state index in [2.05, 4.69) is 5.32 Å². The third-order valence-corrected chi connectivity index (χ3v) is 9.16. The van der Waals surface area contributed by atoms with Crippen LogP contribution in [0.15, 0.2) is 86.5 Å². The molecule has 1 heterocycles. The first-order chi connectivity index (χ1) is 22.7. The second-order valence-corrected chi connectivity index (χ2v) is 12.8. The summed E-state index contributed by atoms with van der Waals surface area (Å²) in [5.74, 6) is -3.47. The number of fused-ring (bicyclic) bond motifs is 2. The minimum atomic E-state index is -1.03. The van der Waals surface area contributed by atoms with Gasteiger partial charge in [0.05, 0.1) is 24.2 Å². The summed E-state index contributed by atoms with van der Waals surface area (Å²) in [6.07, 6.45) is 2.07. The number of methoxy groups -OCH3 is 3. The third kappa shape index (κ3) is 9.53. The van der Waals surface area contributed by atoms with Crippen LogP contribution in [0.4, 0.5) is 9.18 Å². The van der Waals surface area contributed by atoms with E-state index in [1.807, 2.05) is 6.92 Å². The molecule has 6 atom stereocenters. The average molecular weight is 687 g/mol. The number of amides is 2. The molecule has 48 heavy (non-hydrogen) atoms. The van der Waals surface area contributed by atoms with Crippen LogP contribution >= 0.6 is 11.8 Å². The Bertz CT molecular complexity index is 1560. The quantitative estimate of drug-likeness (QED) is 0.283. The minimum absolute atomic E-state index is 0.0517. The van der Waals surface area contributed by atoms with Gasteiger partial charge in [-0.1, -0.05) is 56.0 Å². The highest BCUT2D eigenvalue weighted by molar-refractivity contribution is 8.04. The van der Waals surface area contributed by atoms with Crippen LogP contribution in [0, 0.1) is 17.7 Å². The highest BCUT2D eigenvalue weighted by atomic mass is 32.2. The first-order valence-electron chi connectivity index (χ1n) is 15.3. The molecule has 0 aromatic heterocycles. The lowest BCUT2D eigenvalue weighted by molar-refractivity contribution is -0.121. The second kappa shape index (κ2) is 17.4. The van der Waals surface area contributed by atoms with E-state index in [1.165, 1.54) is 58.6 Å². The fourth-order valence-corrected chi connectivity index (χ4v) is 6.55. The topological polar surface area (TPSA) is 163 Å². The van der Waals surface area contributed by atoms with Gasteiger partial charge in [-0.15, -0.1) is 0 Å². The van der Waals surface area contributed by atoms with E-state index in [4.69, 9.17) is 24.7 Å². The first-order valence-corrected chi connectivity index (χ1v) is 16.1. The summed E-state index contributed by atoms with van der Waals surface area (Å²) in [5, 5.41) is 13.9. The number of carbonyl (C=O) groups is 4. The van der Waals surface area contributed by atoms with Crippen LogP contribution in [0.25, 0.3) is 0 Å². The maximum absolute atomic E-state index is 14.1. The SMILES string of the molecule is COC1=C2C[C@@H](C)C[C@H](OC)[C@H](O)[C@@H](C)/C=C(\C)[C@H](OC(N)=O)[C@@H](OC)/C=C\C=C(/C)C(=O)NC(=C(Sc3cccc(F)c3)C1=O)C2=O. The van der Waals surface area contributed by atoms with Crippen LogP contribution < -0.4 is 11.1 Å². The number of ketones is 2. The van der Waals surface area contributed by atoms with Gasteiger partial charge in [-0.2, -0.15) is 0 Å². The number of benzene rings is 1. The Labute approximate surface area is 284 Å². The van der Waals surface area contributed by atoms with Gasteiger partial charge in [0.25, 0.3) is 5.91 Å². The average Bonchev–Trinajstić information content (AvgIpc) is 3.04. The molecular formula is C35H43FN2O9S. The molecule has 0 fully saturated rings. The summed E-state index contributed by atoms with van der Waals surface area (Å²) in [6.45, 7) is 6.84. The summed E-state index contributed by atoms with van der Waals surface area (Å²) in [6, 6.07) is 5.49. The highest BCUT2D eigenvalue weighted by Crippen LogP contribution is 2.38. The van der Waals surface area contributed by atoms with Crippen molar-refractivity contribution >= 4 is 35.3 Å². The zero-order valence-electron chi connectivity index (χ0n) is 28.1. The molecule has 11 nitrogen and oxygen atoms in total. The Kier molecular flexibility index (Phi) is 13.9. The van der Waals surface area contributed by atoms with Gasteiger partial charge in [0.15, 0.2) is 11.9 Å². The van der Waals surface area contributed by atoms with E-state index in [9.17, 15) is 28.7 Å². The van der Waals surface area contributed by atoms with Gasteiger partial charge in [-0.3, -0.25) is 14.4 Å². The number of halogens is 1. The standard InChI is InChI=1S/C35H43FN2O9S/c1-18-14-24-29(40)27(33(30(41)32(24)46-7)48-23-12-9-11-22(36)17-23)38-34(42)19(2)10-8-13-25(44-5)31(47-35(37)43)21(4)16-20(3)28(39)26(15-18)45-6/h8-13,16-18,20,25-26,28,31,39H,14-15H2,1-7H3,(H2,37,43)(H,38,42)/b13-8-,19-10+,21-16+/t18-,20+,25+,26+,28-,31+/m1/s1. The predicted molar refractivity (Wildman–Crippen MR) is 178 cm³/mol. The number of aliphatic hydroxyl groups is 1. The Balaban J connectivity index is 2.18. The molecule has 2 amide bonds. The molecule has 0 spiro atoms. The number of ether oxygens (including phenoxy) is 4. The number of Topliss-reactive ketones (excluding diaryl/α,β-unsaturated/α-hetero) is 2. The molecule has 1 aliphatic carbocycles. The van der Waals surface area contributed by atoms with Crippen molar-refractivity contribution in [1.29, 1.82) is 0 Å². The van der Waals surface area contributed by atoms with Crippen molar-refractivity contribution in [2.24, 2.45) is 17.6 Å². The Morgan fingerprint density at radius 2 is 1.79 bits per heavy atom. The lowest BCUT2D eigenvalue weighted by Crippen LogP contribution is -2.37. The number of primary amides is 1. The maximum Gasteiger partial charge on any atom is 0.405 e. The maximum atomic E-state index is 14.1. The lowest BCUT2D eigenvalue weighted by atomic mass is 9.85. The zero-order chi connectivity index (χ0) is 35.7. The van der Waals surface area contributed by atoms with Crippen LogP contribution in [0.3, 0.4) is 0 Å². The number of nitrogens with two attached hydrogens (primary N) is 1. The number of rotatable bonds is 6. The molecule has 4 N–H and O–H groups in total. The van der Waals surface area contributed by atoms with Crippen LogP contribution in [0.5, 0.6) is 0 Å². The van der Waals surface area contributed by atoms with Crippen molar-refractivity contribution in [2.75, 3.05) is 21.3 Å². The summed E-state index contributed by atoms with van der Waals surface area (Å²) in [7, 11) is 4.15. The number of hydrogen-bond acceptors (Lipinski definition) is 10. The highest BCUT2D eigenvalue weighted by Gasteiger charge is 2.38. The summed E-state index contributed by atoms with van der Waals surface area (Å²) in [4.78, 5) is 53.5. The largest absolute Gasteiger partial charge is 0.492 e. The molecule has 0 radical (unpaired) electrons.